The molecule has 1 aromatic heterocycles. The van der Waals surface area contributed by atoms with E-state index in [9.17, 15) is 14.7 Å². The van der Waals surface area contributed by atoms with E-state index in [1.165, 1.54) is 24.5 Å². The summed E-state index contributed by atoms with van der Waals surface area (Å²) in [5, 5.41) is 14.8. The summed E-state index contributed by atoms with van der Waals surface area (Å²) in [6, 6.07) is 16.3. The second-order valence-corrected chi connectivity index (χ2v) is 5.42. The van der Waals surface area contributed by atoms with Gasteiger partial charge < -0.3 is 20.2 Å². The Morgan fingerprint density at radius 1 is 0.923 bits per heavy atom. The molecule has 2 aromatic carbocycles. The minimum atomic E-state index is -0.349. The minimum Gasteiger partial charge on any atom is -0.508 e. The largest absolute Gasteiger partial charge is 0.508 e. The maximum Gasteiger partial charge on any atom is 0.255 e. The smallest absolute Gasteiger partial charge is 0.255 e. The van der Waals surface area contributed by atoms with Crippen LogP contribution in [0.1, 0.15) is 16.1 Å². The van der Waals surface area contributed by atoms with Gasteiger partial charge >= 0.3 is 0 Å². The van der Waals surface area contributed by atoms with E-state index in [0.717, 1.165) is 0 Å². The van der Waals surface area contributed by atoms with Crippen LogP contribution in [0.25, 0.3) is 6.08 Å². The quantitative estimate of drug-likeness (QED) is 0.610. The van der Waals surface area contributed by atoms with Gasteiger partial charge in [0.05, 0.1) is 6.26 Å². The van der Waals surface area contributed by atoms with Crippen LogP contribution in [-0.4, -0.2) is 16.9 Å². The Balaban J connectivity index is 1.65. The average Bonchev–Trinajstić information content (AvgIpc) is 3.14. The lowest BCUT2D eigenvalue weighted by Crippen LogP contribution is -2.13. The number of phenols is 1. The number of phenolic OH excluding ortho intramolecular Hbond substituents is 1. The highest BCUT2D eigenvalue weighted by Crippen LogP contribution is 2.17. The zero-order chi connectivity index (χ0) is 18.4. The molecule has 1 heterocycles. The summed E-state index contributed by atoms with van der Waals surface area (Å²) in [7, 11) is 0. The number of nitrogens with one attached hydrogen (secondary N) is 2. The predicted octanol–water partition coefficient (Wildman–Crippen LogP) is 3.89. The van der Waals surface area contributed by atoms with Crippen molar-refractivity contribution in [3.05, 3.63) is 84.3 Å². The van der Waals surface area contributed by atoms with E-state index in [1.807, 2.05) is 0 Å². The molecule has 0 saturated carbocycles. The monoisotopic (exact) mass is 348 g/mol. The normalized spacial score (nSPS) is 10.6. The molecule has 26 heavy (non-hydrogen) atoms. The van der Waals surface area contributed by atoms with Gasteiger partial charge in [0.15, 0.2) is 0 Å². The number of carbonyl (C=O) groups excluding carboxylic acids is 2. The standard InChI is InChI=1S/C20H16N2O4/c23-17-7-2-6-16(13-17)22-20(25)14-4-1-5-15(12-14)21-19(24)10-9-18-8-3-11-26-18/h1-13,23H,(H,21,24)(H,22,25)/b10-9+. The first-order valence-corrected chi connectivity index (χ1v) is 7.83. The molecule has 3 N–H and O–H groups in total. The third kappa shape index (κ3) is 4.61. The first-order valence-electron chi connectivity index (χ1n) is 7.83. The van der Waals surface area contributed by atoms with Crippen LogP contribution in [0.5, 0.6) is 5.75 Å². The summed E-state index contributed by atoms with van der Waals surface area (Å²) in [4.78, 5) is 24.3. The fraction of sp³-hybridized carbons (Fsp3) is 0. The minimum absolute atomic E-state index is 0.0622. The van der Waals surface area contributed by atoms with Crippen LogP contribution in [-0.2, 0) is 4.79 Å². The highest BCUT2D eigenvalue weighted by atomic mass is 16.3. The molecule has 0 unspecified atom stereocenters. The van der Waals surface area contributed by atoms with Crippen molar-refractivity contribution in [2.75, 3.05) is 10.6 Å². The maximum atomic E-state index is 12.3. The van der Waals surface area contributed by atoms with E-state index in [-0.39, 0.29) is 17.6 Å². The number of benzene rings is 2. The van der Waals surface area contributed by atoms with Crippen LogP contribution in [0.2, 0.25) is 0 Å². The number of carbonyl (C=O) groups is 2. The Bertz CT molecular complexity index is 946. The van der Waals surface area contributed by atoms with E-state index < -0.39 is 0 Å². The van der Waals surface area contributed by atoms with Crippen molar-refractivity contribution in [3.8, 4) is 5.75 Å². The predicted molar refractivity (Wildman–Crippen MR) is 98.9 cm³/mol. The Hall–Kier alpha value is -3.80. The first-order chi connectivity index (χ1) is 12.6. The molecule has 0 atom stereocenters. The molecule has 3 rings (SSSR count). The number of hydrogen-bond donors (Lipinski definition) is 3. The first kappa shape index (κ1) is 17.0. The molecule has 0 aliphatic heterocycles. The molecule has 0 fully saturated rings. The van der Waals surface area contributed by atoms with E-state index in [1.54, 1.807) is 54.6 Å². The highest BCUT2D eigenvalue weighted by molar-refractivity contribution is 6.06. The van der Waals surface area contributed by atoms with E-state index in [2.05, 4.69) is 10.6 Å². The van der Waals surface area contributed by atoms with Crippen molar-refractivity contribution in [2.24, 2.45) is 0 Å². The number of rotatable bonds is 5. The van der Waals surface area contributed by atoms with Gasteiger partial charge in [0.25, 0.3) is 5.91 Å². The van der Waals surface area contributed by atoms with Gasteiger partial charge in [-0.2, -0.15) is 0 Å². The van der Waals surface area contributed by atoms with Gasteiger partial charge in [-0.1, -0.05) is 12.1 Å². The van der Waals surface area contributed by atoms with E-state index in [4.69, 9.17) is 4.42 Å². The third-order valence-corrected chi connectivity index (χ3v) is 3.44. The second kappa shape index (κ2) is 7.85. The third-order valence-electron chi connectivity index (χ3n) is 3.44. The number of hydrogen-bond acceptors (Lipinski definition) is 4. The fourth-order valence-corrected chi connectivity index (χ4v) is 2.25. The lowest BCUT2D eigenvalue weighted by Gasteiger charge is -2.08. The van der Waals surface area contributed by atoms with Crippen molar-refractivity contribution in [3.63, 3.8) is 0 Å². The molecule has 3 aromatic rings. The summed E-state index contributed by atoms with van der Waals surface area (Å²) >= 11 is 0. The molecule has 6 nitrogen and oxygen atoms in total. The van der Waals surface area contributed by atoms with Gasteiger partial charge in [0.2, 0.25) is 5.91 Å². The van der Waals surface area contributed by atoms with Crippen molar-refractivity contribution in [1.82, 2.24) is 0 Å². The van der Waals surface area contributed by atoms with E-state index in [0.29, 0.717) is 22.7 Å². The van der Waals surface area contributed by atoms with Gasteiger partial charge in [0.1, 0.15) is 11.5 Å². The van der Waals surface area contributed by atoms with Crippen LogP contribution in [0.4, 0.5) is 11.4 Å². The van der Waals surface area contributed by atoms with Crippen molar-refractivity contribution in [2.45, 2.75) is 0 Å². The van der Waals surface area contributed by atoms with Crippen LogP contribution in [0.3, 0.4) is 0 Å². The van der Waals surface area contributed by atoms with Gasteiger partial charge in [-0.25, -0.2) is 0 Å². The van der Waals surface area contributed by atoms with Gasteiger partial charge in [-0.15, -0.1) is 0 Å². The molecular formula is C20H16N2O4. The highest BCUT2D eigenvalue weighted by Gasteiger charge is 2.08. The van der Waals surface area contributed by atoms with Crippen LogP contribution in [0.15, 0.2) is 77.4 Å². The summed E-state index contributed by atoms with van der Waals surface area (Å²) in [6.45, 7) is 0. The average molecular weight is 348 g/mol. The molecule has 0 bridgehead atoms. The SMILES string of the molecule is O=C(/C=C/c1ccco1)Nc1cccc(C(=O)Nc2cccc(O)c2)c1. The molecular weight excluding hydrogens is 332 g/mol. The number of amides is 2. The fourth-order valence-electron chi connectivity index (χ4n) is 2.25. The molecule has 0 radical (unpaired) electrons. The summed E-state index contributed by atoms with van der Waals surface area (Å²) < 4.78 is 5.11. The van der Waals surface area contributed by atoms with Crippen LogP contribution >= 0.6 is 0 Å². The van der Waals surface area contributed by atoms with Crippen LogP contribution < -0.4 is 10.6 Å². The Kier molecular flexibility index (Phi) is 5.14. The zero-order valence-corrected chi connectivity index (χ0v) is 13.7. The molecule has 0 saturated heterocycles. The number of anilines is 2. The van der Waals surface area contributed by atoms with Crippen molar-refractivity contribution in [1.29, 1.82) is 0 Å². The molecule has 130 valence electrons. The zero-order valence-electron chi connectivity index (χ0n) is 13.7. The second-order valence-electron chi connectivity index (χ2n) is 5.42. The van der Waals surface area contributed by atoms with Crippen molar-refractivity contribution < 1.29 is 19.1 Å². The van der Waals surface area contributed by atoms with Gasteiger partial charge in [-0.3, -0.25) is 9.59 Å². The molecule has 2 amide bonds. The van der Waals surface area contributed by atoms with Crippen molar-refractivity contribution >= 4 is 29.3 Å². The van der Waals surface area contributed by atoms with Gasteiger partial charge in [0, 0.05) is 29.1 Å². The Morgan fingerprint density at radius 2 is 1.69 bits per heavy atom. The lowest BCUT2D eigenvalue weighted by atomic mass is 10.1. The topological polar surface area (TPSA) is 91.6 Å². The summed E-state index contributed by atoms with van der Waals surface area (Å²) in [5.41, 5.74) is 1.34. The maximum absolute atomic E-state index is 12.3. The summed E-state index contributed by atoms with van der Waals surface area (Å²) in [6.07, 6.45) is 4.41. The van der Waals surface area contributed by atoms with Crippen LogP contribution in [0, 0.1) is 0 Å². The molecule has 6 heteroatoms. The number of aromatic hydroxyl groups is 1. The Labute approximate surface area is 149 Å². The number of furan rings is 1. The Morgan fingerprint density at radius 3 is 2.42 bits per heavy atom. The lowest BCUT2D eigenvalue weighted by molar-refractivity contribution is -0.111. The molecule has 0 spiro atoms. The van der Waals surface area contributed by atoms with Gasteiger partial charge in [-0.05, 0) is 48.5 Å². The van der Waals surface area contributed by atoms with E-state index >= 15 is 0 Å². The summed E-state index contributed by atoms with van der Waals surface area (Å²) in [5.74, 6) is -0.0590. The molecule has 0 aliphatic carbocycles. The molecule has 0 aliphatic rings.